The highest BCUT2D eigenvalue weighted by Gasteiger charge is 2.14. The van der Waals surface area contributed by atoms with Crippen molar-refractivity contribution in [2.45, 2.75) is 13.5 Å². The fourth-order valence-electron chi connectivity index (χ4n) is 3.22. The highest BCUT2D eigenvalue weighted by atomic mass is 16.5. The summed E-state index contributed by atoms with van der Waals surface area (Å²) in [7, 11) is 1.66. The largest absolute Gasteiger partial charge is 0.497 e. The predicted molar refractivity (Wildman–Crippen MR) is 106 cm³/mol. The van der Waals surface area contributed by atoms with E-state index in [2.05, 4.69) is 33.1 Å². The second kappa shape index (κ2) is 6.99. The van der Waals surface area contributed by atoms with Crippen LogP contribution >= 0.6 is 0 Å². The maximum atomic E-state index is 12.3. The van der Waals surface area contributed by atoms with E-state index >= 15 is 0 Å². The van der Waals surface area contributed by atoms with Gasteiger partial charge in [-0.25, -0.2) is 0 Å². The minimum Gasteiger partial charge on any atom is -0.497 e. The third-order valence-electron chi connectivity index (χ3n) is 4.56. The van der Waals surface area contributed by atoms with Crippen LogP contribution in [-0.4, -0.2) is 27.8 Å². The zero-order valence-electron chi connectivity index (χ0n) is 15.2. The molecule has 1 amide bonds. The van der Waals surface area contributed by atoms with Gasteiger partial charge in [0.15, 0.2) is 5.82 Å². The van der Waals surface area contributed by atoms with Gasteiger partial charge >= 0.3 is 0 Å². The van der Waals surface area contributed by atoms with E-state index in [0.29, 0.717) is 11.4 Å². The number of aryl methyl sites for hydroxylation is 1. The zero-order chi connectivity index (χ0) is 18.8. The van der Waals surface area contributed by atoms with E-state index in [1.54, 1.807) is 19.2 Å². The van der Waals surface area contributed by atoms with Crippen molar-refractivity contribution in [1.82, 2.24) is 14.8 Å². The molecular weight excluding hydrogens is 340 g/mol. The normalized spacial score (nSPS) is 10.9. The summed E-state index contributed by atoms with van der Waals surface area (Å²) < 4.78 is 7.53. The number of nitrogens with zero attached hydrogens (tertiary/aromatic N) is 2. The average molecular weight is 360 g/mol. The SMILES string of the molecule is CCn1c(-c2cc(NC(=O)c3ccccc3)n[nH]2)cc2ccc(OC)cc21. The number of benzene rings is 2. The summed E-state index contributed by atoms with van der Waals surface area (Å²) in [6, 6.07) is 19.0. The first kappa shape index (κ1) is 16.9. The summed E-state index contributed by atoms with van der Waals surface area (Å²) >= 11 is 0. The van der Waals surface area contributed by atoms with Crippen LogP contribution in [0, 0.1) is 0 Å². The molecule has 0 aliphatic carbocycles. The number of nitrogens with one attached hydrogen (secondary N) is 2. The minimum atomic E-state index is -0.186. The van der Waals surface area contributed by atoms with Crippen molar-refractivity contribution in [1.29, 1.82) is 0 Å². The number of H-pyrrole nitrogens is 1. The Morgan fingerprint density at radius 1 is 1.15 bits per heavy atom. The lowest BCUT2D eigenvalue weighted by atomic mass is 10.2. The van der Waals surface area contributed by atoms with Gasteiger partial charge in [-0.1, -0.05) is 18.2 Å². The van der Waals surface area contributed by atoms with Gasteiger partial charge in [-0.05, 0) is 37.3 Å². The number of carbonyl (C=O) groups excluding carboxylic acids is 1. The maximum Gasteiger partial charge on any atom is 0.256 e. The van der Waals surface area contributed by atoms with E-state index in [4.69, 9.17) is 4.74 Å². The highest BCUT2D eigenvalue weighted by Crippen LogP contribution is 2.30. The molecule has 0 atom stereocenters. The zero-order valence-corrected chi connectivity index (χ0v) is 15.2. The van der Waals surface area contributed by atoms with E-state index in [-0.39, 0.29) is 5.91 Å². The van der Waals surface area contributed by atoms with Crippen LogP contribution in [0.25, 0.3) is 22.3 Å². The molecule has 2 aromatic carbocycles. The molecule has 0 spiro atoms. The average Bonchev–Trinajstić information content (AvgIpc) is 3.31. The van der Waals surface area contributed by atoms with Gasteiger partial charge in [0.1, 0.15) is 5.75 Å². The molecule has 0 unspecified atom stereocenters. The molecule has 0 bridgehead atoms. The van der Waals surface area contributed by atoms with Crippen molar-refractivity contribution in [3.63, 3.8) is 0 Å². The lowest BCUT2D eigenvalue weighted by molar-refractivity contribution is 0.102. The highest BCUT2D eigenvalue weighted by molar-refractivity contribution is 6.04. The third kappa shape index (κ3) is 3.17. The summed E-state index contributed by atoms with van der Waals surface area (Å²) in [5, 5.41) is 11.2. The Morgan fingerprint density at radius 2 is 1.96 bits per heavy atom. The van der Waals surface area contributed by atoms with Gasteiger partial charge in [0.25, 0.3) is 5.91 Å². The van der Waals surface area contributed by atoms with Gasteiger partial charge in [-0.15, -0.1) is 0 Å². The number of anilines is 1. The topological polar surface area (TPSA) is 71.9 Å². The first-order chi connectivity index (χ1) is 13.2. The summed E-state index contributed by atoms with van der Waals surface area (Å²) in [5.41, 5.74) is 3.54. The molecule has 2 aromatic heterocycles. The molecule has 0 aliphatic heterocycles. The number of aromatic amines is 1. The molecule has 0 radical (unpaired) electrons. The number of amides is 1. The Morgan fingerprint density at radius 3 is 2.70 bits per heavy atom. The lowest BCUT2D eigenvalue weighted by Crippen LogP contribution is -2.11. The smallest absolute Gasteiger partial charge is 0.256 e. The molecule has 6 heteroatoms. The van der Waals surface area contributed by atoms with Crippen molar-refractivity contribution in [3.05, 3.63) is 66.2 Å². The number of hydrogen-bond donors (Lipinski definition) is 2. The number of methoxy groups -OCH3 is 1. The van der Waals surface area contributed by atoms with Crippen molar-refractivity contribution in [2.24, 2.45) is 0 Å². The van der Waals surface area contributed by atoms with Crippen LogP contribution in [0.2, 0.25) is 0 Å². The first-order valence-corrected chi connectivity index (χ1v) is 8.79. The Hall–Kier alpha value is -3.54. The molecule has 2 heterocycles. The molecule has 0 aliphatic rings. The molecule has 6 nitrogen and oxygen atoms in total. The second-order valence-electron chi connectivity index (χ2n) is 6.19. The first-order valence-electron chi connectivity index (χ1n) is 8.79. The molecular formula is C21H20N4O2. The monoisotopic (exact) mass is 360 g/mol. The van der Waals surface area contributed by atoms with Crippen LogP contribution in [0.3, 0.4) is 0 Å². The number of carbonyl (C=O) groups is 1. The second-order valence-corrected chi connectivity index (χ2v) is 6.19. The molecule has 2 N–H and O–H groups in total. The maximum absolute atomic E-state index is 12.3. The Kier molecular flexibility index (Phi) is 4.38. The minimum absolute atomic E-state index is 0.186. The standard InChI is InChI=1S/C21H20N4O2/c1-3-25-18-12-16(27-2)10-9-15(18)11-19(25)17-13-20(24-23-17)22-21(26)14-7-5-4-6-8-14/h4-13H,3H2,1-2H3,(H2,22,23,24,26). The van der Waals surface area contributed by atoms with E-state index in [0.717, 1.165) is 34.6 Å². The van der Waals surface area contributed by atoms with Crippen LogP contribution in [0.1, 0.15) is 17.3 Å². The van der Waals surface area contributed by atoms with Crippen LogP contribution in [0.5, 0.6) is 5.75 Å². The van der Waals surface area contributed by atoms with E-state index in [1.807, 2.05) is 42.5 Å². The fraction of sp³-hybridized carbons (Fsp3) is 0.143. The van der Waals surface area contributed by atoms with Gasteiger partial charge < -0.3 is 14.6 Å². The van der Waals surface area contributed by atoms with Crippen LogP contribution < -0.4 is 10.1 Å². The summed E-state index contributed by atoms with van der Waals surface area (Å²) in [5.74, 6) is 1.13. The molecule has 4 aromatic rings. The van der Waals surface area contributed by atoms with Crippen molar-refractivity contribution in [3.8, 4) is 17.1 Å². The Balaban J connectivity index is 1.66. The number of aromatic nitrogens is 3. The lowest BCUT2D eigenvalue weighted by Gasteiger charge is -2.07. The van der Waals surface area contributed by atoms with E-state index in [1.165, 1.54) is 0 Å². The quantitative estimate of drug-likeness (QED) is 0.557. The van der Waals surface area contributed by atoms with Gasteiger partial charge in [0.2, 0.25) is 0 Å². The van der Waals surface area contributed by atoms with Gasteiger partial charge in [-0.3, -0.25) is 9.89 Å². The van der Waals surface area contributed by atoms with Crippen LogP contribution in [0.15, 0.2) is 60.7 Å². The van der Waals surface area contributed by atoms with Gasteiger partial charge in [-0.2, -0.15) is 5.10 Å². The number of rotatable bonds is 5. The molecule has 0 fully saturated rings. The fourth-order valence-corrected chi connectivity index (χ4v) is 3.22. The molecule has 136 valence electrons. The van der Waals surface area contributed by atoms with Crippen LogP contribution in [-0.2, 0) is 6.54 Å². The van der Waals surface area contributed by atoms with Crippen molar-refractivity contribution >= 4 is 22.6 Å². The third-order valence-corrected chi connectivity index (χ3v) is 4.56. The van der Waals surface area contributed by atoms with E-state index in [9.17, 15) is 4.79 Å². The molecule has 27 heavy (non-hydrogen) atoms. The summed E-state index contributed by atoms with van der Waals surface area (Å²) in [6.45, 7) is 2.90. The molecule has 4 rings (SSSR count). The molecule has 0 saturated carbocycles. The number of ether oxygens (including phenoxy) is 1. The van der Waals surface area contributed by atoms with Gasteiger partial charge in [0, 0.05) is 29.6 Å². The van der Waals surface area contributed by atoms with Crippen molar-refractivity contribution in [2.75, 3.05) is 12.4 Å². The number of hydrogen-bond acceptors (Lipinski definition) is 3. The predicted octanol–water partition coefficient (Wildman–Crippen LogP) is 4.31. The summed E-state index contributed by atoms with van der Waals surface area (Å²) in [6.07, 6.45) is 0. The van der Waals surface area contributed by atoms with Crippen LogP contribution in [0.4, 0.5) is 5.82 Å². The van der Waals surface area contributed by atoms with E-state index < -0.39 is 0 Å². The van der Waals surface area contributed by atoms with Gasteiger partial charge in [0.05, 0.1) is 24.0 Å². The Labute approximate surface area is 156 Å². The Bertz CT molecular complexity index is 1100. The summed E-state index contributed by atoms with van der Waals surface area (Å²) in [4.78, 5) is 12.3. The molecule has 0 saturated heterocycles. The van der Waals surface area contributed by atoms with Crippen molar-refractivity contribution < 1.29 is 9.53 Å². The number of fused-ring (bicyclic) bond motifs is 1.